The summed E-state index contributed by atoms with van der Waals surface area (Å²) in [5, 5.41) is 3.39. The van der Waals surface area contributed by atoms with Crippen LogP contribution in [-0.4, -0.2) is 36.3 Å². The Morgan fingerprint density at radius 3 is 2.39 bits per heavy atom. The first-order valence-electron chi connectivity index (χ1n) is 9.63. The first kappa shape index (κ1) is 18.1. The molecule has 6 heteroatoms. The fourth-order valence-electron chi connectivity index (χ4n) is 3.17. The van der Waals surface area contributed by atoms with Crippen molar-refractivity contribution in [3.05, 3.63) is 54.6 Å². The minimum absolute atomic E-state index is 0.564. The van der Waals surface area contributed by atoms with Gasteiger partial charge in [-0.25, -0.2) is 4.98 Å². The van der Waals surface area contributed by atoms with Crippen molar-refractivity contribution in [2.24, 2.45) is 0 Å². The minimum atomic E-state index is 0.564. The summed E-state index contributed by atoms with van der Waals surface area (Å²) in [5.41, 5.74) is 2.84. The zero-order valence-electron chi connectivity index (χ0n) is 16.2. The molecule has 0 saturated heterocycles. The fourth-order valence-corrected chi connectivity index (χ4v) is 3.17. The van der Waals surface area contributed by atoms with Gasteiger partial charge < -0.3 is 19.7 Å². The molecule has 0 amide bonds. The third-order valence-electron chi connectivity index (χ3n) is 4.64. The summed E-state index contributed by atoms with van der Waals surface area (Å²) in [4.78, 5) is 11.7. The summed E-state index contributed by atoms with van der Waals surface area (Å²) >= 11 is 0. The monoisotopic (exact) mass is 376 g/mol. The predicted molar refractivity (Wildman–Crippen MR) is 112 cm³/mol. The summed E-state index contributed by atoms with van der Waals surface area (Å²) < 4.78 is 11.3. The molecule has 3 aromatic rings. The van der Waals surface area contributed by atoms with E-state index in [1.807, 2.05) is 42.5 Å². The van der Waals surface area contributed by atoms with Gasteiger partial charge in [0.1, 0.15) is 19.0 Å². The quantitative estimate of drug-likeness (QED) is 0.683. The molecule has 0 fully saturated rings. The van der Waals surface area contributed by atoms with Crippen LogP contribution in [0.3, 0.4) is 0 Å². The lowest BCUT2D eigenvalue weighted by Crippen LogP contribution is -2.24. The van der Waals surface area contributed by atoms with Crippen LogP contribution in [0.25, 0.3) is 11.3 Å². The maximum Gasteiger partial charge on any atom is 0.227 e. The predicted octanol–water partition coefficient (Wildman–Crippen LogP) is 4.50. The number of aromatic nitrogens is 2. The summed E-state index contributed by atoms with van der Waals surface area (Å²) in [5.74, 6) is 2.98. The average molecular weight is 376 g/mol. The van der Waals surface area contributed by atoms with Gasteiger partial charge >= 0.3 is 0 Å². The zero-order chi connectivity index (χ0) is 19.3. The highest BCUT2D eigenvalue weighted by Gasteiger charge is 2.14. The Balaban J connectivity index is 1.70. The number of hydrogen-bond acceptors (Lipinski definition) is 6. The molecule has 1 aliphatic heterocycles. The maximum atomic E-state index is 5.69. The lowest BCUT2D eigenvalue weighted by atomic mass is 10.1. The van der Waals surface area contributed by atoms with E-state index in [1.165, 1.54) is 0 Å². The summed E-state index contributed by atoms with van der Waals surface area (Å²) in [6.45, 7) is 7.05. The molecule has 1 aromatic heterocycles. The molecule has 4 rings (SSSR count). The molecule has 0 radical (unpaired) electrons. The smallest absolute Gasteiger partial charge is 0.227 e. The first-order chi connectivity index (χ1) is 13.8. The molecule has 0 unspecified atom stereocenters. The summed E-state index contributed by atoms with van der Waals surface area (Å²) in [6, 6.07) is 17.9. The molecule has 1 N–H and O–H groups in total. The highest BCUT2D eigenvalue weighted by atomic mass is 16.6. The van der Waals surface area contributed by atoms with E-state index < -0.39 is 0 Å². The Bertz CT molecular complexity index is 943. The van der Waals surface area contributed by atoms with Gasteiger partial charge in [0, 0.05) is 36.5 Å². The van der Waals surface area contributed by atoms with Crippen molar-refractivity contribution in [2.75, 3.05) is 36.5 Å². The second kappa shape index (κ2) is 8.17. The molecular formula is C22H24N4O2. The van der Waals surface area contributed by atoms with Crippen molar-refractivity contribution in [3.8, 4) is 22.8 Å². The number of rotatable bonds is 6. The van der Waals surface area contributed by atoms with E-state index >= 15 is 0 Å². The van der Waals surface area contributed by atoms with E-state index in [4.69, 9.17) is 19.4 Å². The SMILES string of the molecule is CCN(CC)c1nc(Nc2ccc3c(c2)OCCO3)cc(-c2ccccc2)n1. The molecule has 6 nitrogen and oxygen atoms in total. The number of nitrogens with one attached hydrogen (secondary N) is 1. The van der Waals surface area contributed by atoms with Crippen LogP contribution in [0.5, 0.6) is 11.5 Å². The van der Waals surface area contributed by atoms with E-state index in [0.29, 0.717) is 19.2 Å². The largest absolute Gasteiger partial charge is 0.486 e. The normalized spacial score (nSPS) is 12.5. The number of anilines is 3. The second-order valence-electron chi connectivity index (χ2n) is 6.46. The Morgan fingerprint density at radius 1 is 0.893 bits per heavy atom. The molecule has 0 spiro atoms. The number of ether oxygens (including phenoxy) is 2. The summed E-state index contributed by atoms with van der Waals surface area (Å²) in [7, 11) is 0. The molecular weight excluding hydrogens is 352 g/mol. The maximum absolute atomic E-state index is 5.69. The van der Waals surface area contributed by atoms with Crippen LogP contribution >= 0.6 is 0 Å². The van der Waals surface area contributed by atoms with Crippen molar-refractivity contribution in [3.63, 3.8) is 0 Å². The molecule has 1 aliphatic rings. The van der Waals surface area contributed by atoms with Crippen molar-refractivity contribution in [2.45, 2.75) is 13.8 Å². The minimum Gasteiger partial charge on any atom is -0.486 e. The molecule has 144 valence electrons. The van der Waals surface area contributed by atoms with Gasteiger partial charge in [0.05, 0.1) is 5.69 Å². The molecule has 0 bridgehead atoms. The van der Waals surface area contributed by atoms with Crippen LogP contribution in [0.2, 0.25) is 0 Å². The average Bonchev–Trinajstić information content (AvgIpc) is 2.75. The van der Waals surface area contributed by atoms with E-state index in [2.05, 4.69) is 36.2 Å². The van der Waals surface area contributed by atoms with Crippen LogP contribution in [-0.2, 0) is 0 Å². The van der Waals surface area contributed by atoms with Gasteiger partial charge in [0.2, 0.25) is 5.95 Å². The van der Waals surface area contributed by atoms with Crippen molar-refractivity contribution >= 4 is 17.5 Å². The van der Waals surface area contributed by atoms with Crippen LogP contribution in [0, 0.1) is 0 Å². The highest BCUT2D eigenvalue weighted by molar-refractivity contribution is 5.68. The Labute approximate surface area is 165 Å². The molecule has 0 saturated carbocycles. The lowest BCUT2D eigenvalue weighted by Gasteiger charge is -2.21. The van der Waals surface area contributed by atoms with Gasteiger partial charge in [-0.3, -0.25) is 0 Å². The molecule has 28 heavy (non-hydrogen) atoms. The van der Waals surface area contributed by atoms with Gasteiger partial charge in [0.15, 0.2) is 11.5 Å². The standard InChI is InChI=1S/C22H24N4O2/c1-3-26(4-2)22-24-18(16-8-6-5-7-9-16)15-21(25-22)23-17-10-11-19-20(14-17)28-13-12-27-19/h5-11,14-15H,3-4,12-13H2,1-2H3,(H,23,24,25). The number of hydrogen-bond donors (Lipinski definition) is 1. The van der Waals surface area contributed by atoms with Crippen molar-refractivity contribution in [1.82, 2.24) is 9.97 Å². The van der Waals surface area contributed by atoms with Crippen LogP contribution in [0.15, 0.2) is 54.6 Å². The Kier molecular flexibility index (Phi) is 5.28. The van der Waals surface area contributed by atoms with Gasteiger partial charge in [0.25, 0.3) is 0 Å². The second-order valence-corrected chi connectivity index (χ2v) is 6.46. The first-order valence-corrected chi connectivity index (χ1v) is 9.63. The van der Waals surface area contributed by atoms with Gasteiger partial charge in [-0.1, -0.05) is 30.3 Å². The third-order valence-corrected chi connectivity index (χ3v) is 4.64. The topological polar surface area (TPSA) is 59.5 Å². The molecule has 2 heterocycles. The van der Waals surface area contributed by atoms with Crippen molar-refractivity contribution in [1.29, 1.82) is 0 Å². The molecule has 0 aliphatic carbocycles. The van der Waals surface area contributed by atoms with Crippen LogP contribution in [0.4, 0.5) is 17.5 Å². The number of nitrogens with zero attached hydrogens (tertiary/aromatic N) is 3. The molecule has 2 aromatic carbocycles. The zero-order valence-corrected chi connectivity index (χ0v) is 16.2. The van der Waals surface area contributed by atoms with E-state index in [0.717, 1.165) is 47.4 Å². The Morgan fingerprint density at radius 2 is 1.64 bits per heavy atom. The van der Waals surface area contributed by atoms with Crippen molar-refractivity contribution < 1.29 is 9.47 Å². The highest BCUT2D eigenvalue weighted by Crippen LogP contribution is 2.34. The fraction of sp³-hybridized carbons (Fsp3) is 0.273. The molecule has 0 atom stereocenters. The lowest BCUT2D eigenvalue weighted by molar-refractivity contribution is 0.171. The van der Waals surface area contributed by atoms with Gasteiger partial charge in [-0.05, 0) is 26.0 Å². The number of fused-ring (bicyclic) bond motifs is 1. The summed E-state index contributed by atoms with van der Waals surface area (Å²) in [6.07, 6.45) is 0. The van der Waals surface area contributed by atoms with Gasteiger partial charge in [-0.2, -0.15) is 4.98 Å². The van der Waals surface area contributed by atoms with Gasteiger partial charge in [-0.15, -0.1) is 0 Å². The number of benzene rings is 2. The van der Waals surface area contributed by atoms with E-state index in [-0.39, 0.29) is 0 Å². The van der Waals surface area contributed by atoms with Crippen LogP contribution in [0.1, 0.15) is 13.8 Å². The van der Waals surface area contributed by atoms with E-state index in [1.54, 1.807) is 0 Å². The third kappa shape index (κ3) is 3.86. The van der Waals surface area contributed by atoms with Crippen LogP contribution < -0.4 is 19.7 Å². The van der Waals surface area contributed by atoms with E-state index in [9.17, 15) is 0 Å². The Hall–Kier alpha value is -3.28.